The second kappa shape index (κ2) is 7.30. The number of carbonyl (C=O) groups excluding carboxylic acids is 1. The van der Waals surface area contributed by atoms with Crippen LogP contribution in [0.3, 0.4) is 0 Å². The fraction of sp³-hybridized carbons (Fsp3) is 0.421. The lowest BCUT2D eigenvalue weighted by atomic mass is 9.90. The first-order valence-corrected chi connectivity index (χ1v) is 8.85. The third-order valence-electron chi connectivity index (χ3n) is 4.72. The first-order valence-electron chi connectivity index (χ1n) is 8.85. The van der Waals surface area contributed by atoms with E-state index in [-0.39, 0.29) is 11.7 Å². The van der Waals surface area contributed by atoms with Gasteiger partial charge < -0.3 is 9.64 Å². The number of rotatable bonds is 5. The van der Waals surface area contributed by atoms with E-state index in [9.17, 15) is 14.9 Å². The second-order valence-corrected chi connectivity index (χ2v) is 6.95. The summed E-state index contributed by atoms with van der Waals surface area (Å²) < 4.78 is 5.20. The van der Waals surface area contributed by atoms with Crippen molar-refractivity contribution in [3.8, 4) is 11.4 Å². The van der Waals surface area contributed by atoms with Gasteiger partial charge >= 0.3 is 5.97 Å². The Balaban J connectivity index is 1.90. The Morgan fingerprint density at radius 3 is 2.85 bits per heavy atom. The van der Waals surface area contributed by atoms with Crippen LogP contribution in [0.4, 0.5) is 11.5 Å². The molecule has 1 aromatic heterocycles. The highest BCUT2D eigenvalue weighted by molar-refractivity contribution is 5.78. The van der Waals surface area contributed by atoms with E-state index in [4.69, 9.17) is 4.74 Å². The molecule has 1 saturated heterocycles. The van der Waals surface area contributed by atoms with Crippen LogP contribution >= 0.6 is 0 Å². The number of aryl methyl sites for hydroxylation is 1. The van der Waals surface area contributed by atoms with Crippen LogP contribution in [-0.2, 0) is 9.53 Å². The van der Waals surface area contributed by atoms with Crippen LogP contribution < -0.4 is 4.90 Å². The lowest BCUT2D eigenvalue weighted by Gasteiger charge is -2.23. The summed E-state index contributed by atoms with van der Waals surface area (Å²) in [5.74, 6) is 0.938. The van der Waals surface area contributed by atoms with Gasteiger partial charge in [-0.2, -0.15) is 0 Å². The summed E-state index contributed by atoms with van der Waals surface area (Å²) in [7, 11) is 0. The number of benzene rings is 1. The minimum atomic E-state index is -0.569. The van der Waals surface area contributed by atoms with Crippen molar-refractivity contribution in [1.29, 1.82) is 0 Å². The van der Waals surface area contributed by atoms with Crippen LogP contribution in [0, 0.1) is 22.5 Å². The fourth-order valence-corrected chi connectivity index (χ4v) is 3.23. The number of esters is 1. The van der Waals surface area contributed by atoms with Gasteiger partial charge in [0, 0.05) is 42.5 Å². The van der Waals surface area contributed by atoms with Gasteiger partial charge in [0.15, 0.2) is 5.82 Å². The van der Waals surface area contributed by atoms with Gasteiger partial charge in [-0.1, -0.05) is 12.1 Å². The van der Waals surface area contributed by atoms with Crippen LogP contribution in [-0.4, -0.2) is 40.6 Å². The summed E-state index contributed by atoms with van der Waals surface area (Å²) in [6.45, 7) is 7.11. The summed E-state index contributed by atoms with van der Waals surface area (Å²) >= 11 is 0. The zero-order valence-electron chi connectivity index (χ0n) is 15.6. The predicted octanol–water partition coefficient (Wildman–Crippen LogP) is 3.14. The molecule has 8 nitrogen and oxygen atoms in total. The number of hydrogen-bond donors (Lipinski definition) is 0. The average Bonchev–Trinajstić information content (AvgIpc) is 3.05. The molecule has 2 aromatic rings. The second-order valence-electron chi connectivity index (χ2n) is 6.95. The molecule has 1 atom stereocenters. The van der Waals surface area contributed by atoms with Crippen molar-refractivity contribution in [2.45, 2.75) is 27.2 Å². The highest BCUT2D eigenvalue weighted by Crippen LogP contribution is 2.34. The summed E-state index contributed by atoms with van der Waals surface area (Å²) in [5, 5.41) is 11.0. The van der Waals surface area contributed by atoms with Gasteiger partial charge in [-0.05, 0) is 27.2 Å². The molecule has 1 aliphatic rings. The van der Waals surface area contributed by atoms with Crippen molar-refractivity contribution in [3.63, 3.8) is 0 Å². The molecule has 1 aliphatic heterocycles. The van der Waals surface area contributed by atoms with Crippen molar-refractivity contribution in [3.05, 3.63) is 46.1 Å². The lowest BCUT2D eigenvalue weighted by Crippen LogP contribution is -2.33. The molecular weight excluding hydrogens is 348 g/mol. The lowest BCUT2D eigenvalue weighted by molar-refractivity contribution is -0.384. The Kier molecular flexibility index (Phi) is 5.07. The Bertz CT molecular complexity index is 886. The Morgan fingerprint density at radius 2 is 2.15 bits per heavy atom. The maximum absolute atomic E-state index is 12.3. The molecule has 8 heteroatoms. The number of nitro groups is 1. The topological polar surface area (TPSA) is 98.5 Å². The summed E-state index contributed by atoms with van der Waals surface area (Å²) in [4.78, 5) is 33.9. The van der Waals surface area contributed by atoms with E-state index >= 15 is 0 Å². The zero-order chi connectivity index (χ0) is 19.6. The van der Waals surface area contributed by atoms with Gasteiger partial charge in [0.25, 0.3) is 5.69 Å². The number of non-ortho nitro benzene ring substituents is 1. The van der Waals surface area contributed by atoms with E-state index in [2.05, 4.69) is 9.97 Å². The number of aromatic nitrogens is 2. The molecule has 0 aliphatic carbocycles. The smallest absolute Gasteiger partial charge is 0.313 e. The first kappa shape index (κ1) is 18.8. The highest BCUT2D eigenvalue weighted by Gasteiger charge is 2.42. The molecule has 0 spiro atoms. The largest absolute Gasteiger partial charge is 0.466 e. The van der Waals surface area contributed by atoms with E-state index in [1.54, 1.807) is 19.1 Å². The SMILES string of the molecule is CCOC(=O)C1(C)CCN(c2cc(C)nc(-c3cccc([N+](=O)[O-])c3)n2)C1. The quantitative estimate of drug-likeness (QED) is 0.453. The molecule has 1 aromatic carbocycles. The van der Waals surface area contributed by atoms with Crippen molar-refractivity contribution < 1.29 is 14.5 Å². The molecule has 0 N–H and O–H groups in total. The minimum Gasteiger partial charge on any atom is -0.466 e. The average molecular weight is 370 g/mol. The Morgan fingerprint density at radius 1 is 1.37 bits per heavy atom. The molecule has 0 amide bonds. The number of ether oxygens (including phenoxy) is 1. The van der Waals surface area contributed by atoms with Gasteiger partial charge in [0.1, 0.15) is 5.82 Å². The van der Waals surface area contributed by atoms with Crippen LogP contribution in [0.25, 0.3) is 11.4 Å². The number of hydrogen-bond acceptors (Lipinski definition) is 7. The molecule has 0 saturated carbocycles. The summed E-state index contributed by atoms with van der Waals surface area (Å²) in [5.41, 5.74) is 0.767. The molecule has 1 fully saturated rings. The van der Waals surface area contributed by atoms with Gasteiger partial charge in [0.2, 0.25) is 0 Å². The van der Waals surface area contributed by atoms with Crippen LogP contribution in [0.1, 0.15) is 26.0 Å². The van der Waals surface area contributed by atoms with E-state index in [1.807, 2.05) is 24.8 Å². The van der Waals surface area contributed by atoms with Gasteiger partial charge in [0.05, 0.1) is 16.9 Å². The van der Waals surface area contributed by atoms with Crippen LogP contribution in [0.2, 0.25) is 0 Å². The monoisotopic (exact) mass is 370 g/mol. The van der Waals surface area contributed by atoms with Crippen molar-refractivity contribution in [1.82, 2.24) is 9.97 Å². The first-order chi connectivity index (χ1) is 12.8. The van der Waals surface area contributed by atoms with Crippen molar-refractivity contribution in [2.24, 2.45) is 5.41 Å². The molecule has 1 unspecified atom stereocenters. The third-order valence-corrected chi connectivity index (χ3v) is 4.72. The highest BCUT2D eigenvalue weighted by atomic mass is 16.6. The molecule has 0 bridgehead atoms. The van der Waals surface area contributed by atoms with Gasteiger partial charge in [-0.25, -0.2) is 9.97 Å². The minimum absolute atomic E-state index is 0.00443. The Hall–Kier alpha value is -3.03. The predicted molar refractivity (Wildman–Crippen MR) is 100 cm³/mol. The van der Waals surface area contributed by atoms with Gasteiger partial charge in [-0.3, -0.25) is 14.9 Å². The van der Waals surface area contributed by atoms with Crippen molar-refractivity contribution in [2.75, 3.05) is 24.6 Å². The maximum atomic E-state index is 12.3. The van der Waals surface area contributed by atoms with Crippen LogP contribution in [0.5, 0.6) is 0 Å². The number of carbonyl (C=O) groups is 1. The zero-order valence-corrected chi connectivity index (χ0v) is 15.6. The van der Waals surface area contributed by atoms with Gasteiger partial charge in [-0.15, -0.1) is 0 Å². The van der Waals surface area contributed by atoms with Crippen molar-refractivity contribution >= 4 is 17.5 Å². The maximum Gasteiger partial charge on any atom is 0.313 e. The normalized spacial score (nSPS) is 19.1. The van der Waals surface area contributed by atoms with E-state index in [1.165, 1.54) is 12.1 Å². The van der Waals surface area contributed by atoms with Crippen LogP contribution in [0.15, 0.2) is 30.3 Å². The third kappa shape index (κ3) is 3.89. The standard InChI is InChI=1S/C19H22N4O4/c1-4-27-18(24)19(3)8-9-22(12-19)16-10-13(2)20-17(21-16)14-6-5-7-15(11-14)23(25)26/h5-7,10-11H,4,8-9,12H2,1-3H3. The summed E-state index contributed by atoms with van der Waals surface area (Å²) in [6, 6.07) is 8.12. The molecule has 3 rings (SSSR count). The van der Waals surface area contributed by atoms with E-state index in [0.29, 0.717) is 43.3 Å². The summed E-state index contributed by atoms with van der Waals surface area (Å²) in [6.07, 6.45) is 0.682. The molecule has 0 radical (unpaired) electrons. The molecule has 142 valence electrons. The molecular formula is C19H22N4O4. The fourth-order valence-electron chi connectivity index (χ4n) is 3.23. The number of anilines is 1. The number of nitrogens with zero attached hydrogens (tertiary/aromatic N) is 4. The molecule has 27 heavy (non-hydrogen) atoms. The van der Waals surface area contributed by atoms with E-state index < -0.39 is 10.3 Å². The molecule has 2 heterocycles. The Labute approximate surface area is 157 Å². The van der Waals surface area contributed by atoms with E-state index in [0.717, 1.165) is 5.69 Å². The number of nitro benzene ring substituents is 1.